The van der Waals surface area contributed by atoms with E-state index in [1.165, 1.54) is 17.7 Å². The molecule has 0 unspecified atom stereocenters. The summed E-state index contributed by atoms with van der Waals surface area (Å²) in [6.45, 7) is 2.91. The Morgan fingerprint density at radius 2 is 2.18 bits per heavy atom. The zero-order chi connectivity index (χ0) is 15.5. The molecular formula is C13H14FN7S. The number of thiazole rings is 1. The molecule has 22 heavy (non-hydrogen) atoms. The van der Waals surface area contributed by atoms with Crippen molar-refractivity contribution in [2.24, 2.45) is 5.73 Å². The lowest BCUT2D eigenvalue weighted by Gasteiger charge is -2.05. The van der Waals surface area contributed by atoms with Crippen LogP contribution in [0, 0.1) is 12.7 Å². The van der Waals surface area contributed by atoms with Crippen molar-refractivity contribution < 1.29 is 4.39 Å². The average molecular weight is 319 g/mol. The van der Waals surface area contributed by atoms with Gasteiger partial charge in [-0.15, -0.1) is 0 Å². The van der Waals surface area contributed by atoms with Crippen molar-refractivity contribution in [2.75, 3.05) is 23.7 Å². The molecule has 0 aliphatic heterocycles. The van der Waals surface area contributed by atoms with Crippen LogP contribution >= 0.6 is 11.3 Å². The number of hydrogen-bond acceptors (Lipinski definition) is 8. The Morgan fingerprint density at radius 3 is 2.95 bits per heavy atom. The van der Waals surface area contributed by atoms with Gasteiger partial charge >= 0.3 is 0 Å². The molecule has 0 aromatic carbocycles. The molecule has 0 fully saturated rings. The third kappa shape index (κ3) is 2.95. The van der Waals surface area contributed by atoms with Gasteiger partial charge in [-0.25, -0.2) is 24.3 Å². The third-order valence-corrected chi connectivity index (χ3v) is 3.87. The van der Waals surface area contributed by atoms with Crippen LogP contribution in [0.3, 0.4) is 0 Å². The summed E-state index contributed by atoms with van der Waals surface area (Å²) in [5, 5.41) is 6.72. The van der Waals surface area contributed by atoms with Crippen LogP contribution in [0.4, 0.5) is 21.2 Å². The minimum Gasteiger partial charge on any atom is -0.360 e. The molecule has 3 heterocycles. The number of anilines is 3. The molecule has 7 nitrogen and oxygen atoms in total. The van der Waals surface area contributed by atoms with Crippen molar-refractivity contribution in [3.05, 3.63) is 30.1 Å². The number of nitrogens with zero attached hydrogens (tertiary/aromatic N) is 4. The number of nitrogens with one attached hydrogen (secondary N) is 2. The van der Waals surface area contributed by atoms with Gasteiger partial charge in [0.15, 0.2) is 16.8 Å². The quantitative estimate of drug-likeness (QED) is 0.661. The molecule has 9 heteroatoms. The lowest BCUT2D eigenvalue weighted by atomic mass is 10.4. The van der Waals surface area contributed by atoms with E-state index >= 15 is 0 Å². The van der Waals surface area contributed by atoms with Gasteiger partial charge in [-0.2, -0.15) is 0 Å². The molecule has 0 radical (unpaired) electrons. The number of rotatable bonds is 5. The SMILES string of the molecule is Cc1cc(Nc2ncc(F)c3nc(NCCN)sc23)ncn1. The average Bonchev–Trinajstić information content (AvgIpc) is 2.93. The molecule has 0 saturated heterocycles. The van der Waals surface area contributed by atoms with Crippen molar-refractivity contribution in [3.8, 4) is 0 Å². The fourth-order valence-electron chi connectivity index (χ4n) is 1.87. The van der Waals surface area contributed by atoms with Crippen LogP contribution in [0.2, 0.25) is 0 Å². The summed E-state index contributed by atoms with van der Waals surface area (Å²) < 4.78 is 14.5. The van der Waals surface area contributed by atoms with Crippen molar-refractivity contribution in [2.45, 2.75) is 6.92 Å². The number of aryl methyl sites for hydroxylation is 1. The predicted molar refractivity (Wildman–Crippen MR) is 85.0 cm³/mol. The molecule has 114 valence electrons. The lowest BCUT2D eigenvalue weighted by Crippen LogP contribution is -2.12. The number of nitrogens with two attached hydrogens (primary N) is 1. The van der Waals surface area contributed by atoms with E-state index in [1.807, 2.05) is 6.92 Å². The van der Waals surface area contributed by atoms with Crippen LogP contribution in [0.25, 0.3) is 10.2 Å². The fraction of sp³-hybridized carbons (Fsp3) is 0.231. The van der Waals surface area contributed by atoms with E-state index in [-0.39, 0.29) is 5.52 Å². The molecular weight excluding hydrogens is 305 g/mol. The Bertz CT molecular complexity index is 804. The highest BCUT2D eigenvalue weighted by Crippen LogP contribution is 2.33. The Labute approximate surface area is 129 Å². The number of hydrogen-bond donors (Lipinski definition) is 3. The van der Waals surface area contributed by atoms with E-state index in [0.717, 1.165) is 11.9 Å². The highest BCUT2D eigenvalue weighted by molar-refractivity contribution is 7.22. The third-order valence-electron chi connectivity index (χ3n) is 2.85. The van der Waals surface area contributed by atoms with E-state index < -0.39 is 5.82 Å². The summed E-state index contributed by atoms with van der Waals surface area (Å²) in [6, 6.07) is 1.78. The molecule has 4 N–H and O–H groups in total. The summed E-state index contributed by atoms with van der Waals surface area (Å²) in [6.07, 6.45) is 2.60. The maximum absolute atomic E-state index is 13.9. The first-order valence-electron chi connectivity index (χ1n) is 6.62. The minimum atomic E-state index is -0.462. The Kier molecular flexibility index (Phi) is 4.07. The monoisotopic (exact) mass is 319 g/mol. The number of aromatic nitrogens is 4. The van der Waals surface area contributed by atoms with Gasteiger partial charge in [-0.1, -0.05) is 11.3 Å². The van der Waals surface area contributed by atoms with Crippen LogP contribution in [0.5, 0.6) is 0 Å². The first-order valence-corrected chi connectivity index (χ1v) is 7.43. The van der Waals surface area contributed by atoms with Gasteiger partial charge in [-0.05, 0) is 6.92 Å². The van der Waals surface area contributed by atoms with Crippen LogP contribution in [0.15, 0.2) is 18.6 Å². The first kappa shape index (κ1) is 14.5. The Hall–Kier alpha value is -2.39. The summed E-state index contributed by atoms with van der Waals surface area (Å²) in [4.78, 5) is 16.5. The second-order valence-electron chi connectivity index (χ2n) is 4.54. The van der Waals surface area contributed by atoms with Gasteiger partial charge in [0.25, 0.3) is 0 Å². The summed E-state index contributed by atoms with van der Waals surface area (Å²) in [5.74, 6) is 0.641. The first-order chi connectivity index (χ1) is 10.7. The highest BCUT2D eigenvalue weighted by Gasteiger charge is 2.14. The Balaban J connectivity index is 1.98. The smallest absolute Gasteiger partial charge is 0.184 e. The van der Waals surface area contributed by atoms with Crippen molar-refractivity contribution in [1.82, 2.24) is 19.9 Å². The number of halogens is 1. The van der Waals surface area contributed by atoms with Crippen molar-refractivity contribution >= 4 is 38.3 Å². The molecule has 3 rings (SSSR count). The van der Waals surface area contributed by atoms with Gasteiger partial charge in [0.2, 0.25) is 0 Å². The van der Waals surface area contributed by atoms with E-state index in [0.29, 0.717) is 34.6 Å². The second kappa shape index (κ2) is 6.16. The van der Waals surface area contributed by atoms with Gasteiger partial charge in [0.05, 0.1) is 6.20 Å². The molecule has 0 saturated carbocycles. The Morgan fingerprint density at radius 1 is 1.32 bits per heavy atom. The molecule has 0 spiro atoms. The molecule has 0 aliphatic rings. The second-order valence-corrected chi connectivity index (χ2v) is 5.54. The van der Waals surface area contributed by atoms with Crippen LogP contribution in [0.1, 0.15) is 5.69 Å². The molecule has 3 aromatic heterocycles. The van der Waals surface area contributed by atoms with E-state index in [2.05, 4.69) is 30.6 Å². The van der Waals surface area contributed by atoms with Gasteiger partial charge in [-0.3, -0.25) is 0 Å². The number of fused-ring (bicyclic) bond motifs is 1. The standard InChI is InChI=1S/C13H14FN7S/c1-7-4-9(19-6-18-7)20-12-11-10(8(14)5-17-12)21-13(22-11)16-3-2-15/h4-6H,2-3,15H2,1H3,(H,16,21)(H,17,18,19,20). The topological polar surface area (TPSA) is 102 Å². The van der Waals surface area contributed by atoms with Gasteiger partial charge in [0, 0.05) is 24.8 Å². The van der Waals surface area contributed by atoms with E-state index in [4.69, 9.17) is 5.73 Å². The molecule has 0 amide bonds. The lowest BCUT2D eigenvalue weighted by molar-refractivity contribution is 0.632. The zero-order valence-electron chi connectivity index (χ0n) is 11.8. The normalized spacial score (nSPS) is 10.9. The maximum atomic E-state index is 13.9. The van der Waals surface area contributed by atoms with Crippen molar-refractivity contribution in [1.29, 1.82) is 0 Å². The summed E-state index contributed by atoms with van der Waals surface area (Å²) in [5.41, 5.74) is 6.54. The van der Waals surface area contributed by atoms with E-state index in [9.17, 15) is 4.39 Å². The number of pyridine rings is 1. The highest BCUT2D eigenvalue weighted by atomic mass is 32.1. The molecule has 3 aromatic rings. The largest absolute Gasteiger partial charge is 0.360 e. The molecule has 0 bridgehead atoms. The minimum absolute atomic E-state index is 0.271. The van der Waals surface area contributed by atoms with Gasteiger partial charge in [0.1, 0.15) is 22.4 Å². The van der Waals surface area contributed by atoms with Crippen molar-refractivity contribution in [3.63, 3.8) is 0 Å². The van der Waals surface area contributed by atoms with Crippen LogP contribution < -0.4 is 16.4 Å². The zero-order valence-corrected chi connectivity index (χ0v) is 12.6. The predicted octanol–water partition coefficient (Wildman–Crippen LogP) is 2.04. The maximum Gasteiger partial charge on any atom is 0.184 e. The van der Waals surface area contributed by atoms with E-state index in [1.54, 1.807) is 6.07 Å². The fourth-order valence-corrected chi connectivity index (χ4v) is 2.82. The van der Waals surface area contributed by atoms with Crippen LogP contribution in [-0.4, -0.2) is 33.0 Å². The van der Waals surface area contributed by atoms with Gasteiger partial charge < -0.3 is 16.4 Å². The summed E-state index contributed by atoms with van der Waals surface area (Å²) in [7, 11) is 0. The molecule has 0 atom stereocenters. The summed E-state index contributed by atoms with van der Waals surface area (Å²) >= 11 is 1.32. The van der Waals surface area contributed by atoms with Crippen LogP contribution in [-0.2, 0) is 0 Å². The molecule has 0 aliphatic carbocycles.